The lowest BCUT2D eigenvalue weighted by atomic mass is 10.2. The second-order valence-corrected chi connectivity index (χ2v) is 5.19. The number of nitrogens with one attached hydrogen (secondary N) is 1. The molecule has 0 saturated heterocycles. The molecule has 0 aliphatic carbocycles. The van der Waals surface area contributed by atoms with Crippen LogP contribution >= 0.6 is 0 Å². The standard InChI is InChI=1S/C15H17N5O4/c1-8-18-10-5-3-2-4-9(10)15(24)20(8)7-6-11(21)19-12(13(16)22)14(17)23/h2-5,12H,6-7H2,1H3,(H2,16,22)(H2,17,23)(H,19,21). The number of aryl methyl sites for hydroxylation is 1. The van der Waals surface area contributed by atoms with E-state index in [2.05, 4.69) is 10.3 Å². The molecular formula is C15H17N5O4. The van der Waals surface area contributed by atoms with Gasteiger partial charge >= 0.3 is 0 Å². The number of fused-ring (bicyclic) bond motifs is 1. The Morgan fingerprint density at radius 3 is 2.46 bits per heavy atom. The van der Waals surface area contributed by atoms with E-state index in [0.29, 0.717) is 16.7 Å². The van der Waals surface area contributed by atoms with Gasteiger partial charge in [-0.25, -0.2) is 4.98 Å². The van der Waals surface area contributed by atoms with Gasteiger partial charge in [0.15, 0.2) is 6.04 Å². The first-order valence-electron chi connectivity index (χ1n) is 7.15. The summed E-state index contributed by atoms with van der Waals surface area (Å²) in [5.41, 5.74) is 10.3. The number of hydrogen-bond donors (Lipinski definition) is 3. The number of carbonyl (C=O) groups is 3. The molecule has 3 amide bonds. The van der Waals surface area contributed by atoms with E-state index in [0.717, 1.165) is 0 Å². The molecule has 9 heteroatoms. The molecule has 1 aromatic carbocycles. The number of aromatic nitrogens is 2. The summed E-state index contributed by atoms with van der Waals surface area (Å²) in [6.45, 7) is 1.69. The maximum Gasteiger partial charge on any atom is 0.261 e. The lowest BCUT2D eigenvalue weighted by molar-refractivity contribution is -0.134. The van der Waals surface area contributed by atoms with Crippen LogP contribution < -0.4 is 22.3 Å². The number of hydrogen-bond acceptors (Lipinski definition) is 5. The van der Waals surface area contributed by atoms with E-state index in [9.17, 15) is 19.2 Å². The number of benzene rings is 1. The third kappa shape index (κ3) is 3.57. The van der Waals surface area contributed by atoms with Gasteiger partial charge in [-0.15, -0.1) is 0 Å². The summed E-state index contributed by atoms with van der Waals surface area (Å²) in [7, 11) is 0. The second-order valence-electron chi connectivity index (χ2n) is 5.19. The maximum absolute atomic E-state index is 12.4. The van der Waals surface area contributed by atoms with E-state index in [-0.39, 0.29) is 18.5 Å². The molecule has 2 aromatic rings. The van der Waals surface area contributed by atoms with E-state index < -0.39 is 23.8 Å². The largest absolute Gasteiger partial charge is 0.367 e. The van der Waals surface area contributed by atoms with Crippen LogP contribution in [0.3, 0.4) is 0 Å². The molecule has 1 aromatic heterocycles. The molecule has 0 atom stereocenters. The zero-order chi connectivity index (χ0) is 17.9. The van der Waals surface area contributed by atoms with Gasteiger partial charge in [-0.1, -0.05) is 12.1 Å². The monoisotopic (exact) mass is 331 g/mol. The van der Waals surface area contributed by atoms with Crippen molar-refractivity contribution >= 4 is 28.6 Å². The SMILES string of the molecule is Cc1nc2ccccc2c(=O)n1CCC(=O)NC(C(N)=O)C(N)=O. The van der Waals surface area contributed by atoms with Gasteiger partial charge in [0.05, 0.1) is 10.9 Å². The molecule has 5 N–H and O–H groups in total. The average molecular weight is 331 g/mol. The summed E-state index contributed by atoms with van der Waals surface area (Å²) in [6, 6.07) is 5.30. The summed E-state index contributed by atoms with van der Waals surface area (Å²) >= 11 is 0. The van der Waals surface area contributed by atoms with Gasteiger partial charge in [-0.2, -0.15) is 0 Å². The predicted octanol–water partition coefficient (Wildman–Crippen LogP) is -1.45. The molecule has 0 saturated carbocycles. The number of para-hydroxylation sites is 1. The van der Waals surface area contributed by atoms with Crippen LogP contribution in [-0.2, 0) is 20.9 Å². The van der Waals surface area contributed by atoms with Crippen LogP contribution in [0.1, 0.15) is 12.2 Å². The number of primary amides is 2. The van der Waals surface area contributed by atoms with Crippen LogP contribution in [0.15, 0.2) is 29.1 Å². The number of amides is 3. The van der Waals surface area contributed by atoms with Crippen molar-refractivity contribution < 1.29 is 14.4 Å². The fraction of sp³-hybridized carbons (Fsp3) is 0.267. The van der Waals surface area contributed by atoms with E-state index in [4.69, 9.17) is 11.5 Å². The van der Waals surface area contributed by atoms with Gasteiger partial charge in [0.25, 0.3) is 5.56 Å². The Bertz CT molecular complexity index is 860. The molecule has 0 aliphatic heterocycles. The third-order valence-corrected chi connectivity index (χ3v) is 3.49. The zero-order valence-electron chi connectivity index (χ0n) is 13.0. The van der Waals surface area contributed by atoms with Crippen LogP contribution in [-0.4, -0.2) is 33.3 Å². The van der Waals surface area contributed by atoms with Crippen LogP contribution in [0.4, 0.5) is 0 Å². The molecule has 0 radical (unpaired) electrons. The van der Waals surface area contributed by atoms with Crippen LogP contribution in [0.5, 0.6) is 0 Å². The Morgan fingerprint density at radius 2 is 1.83 bits per heavy atom. The number of nitrogens with zero attached hydrogens (tertiary/aromatic N) is 2. The van der Waals surface area contributed by atoms with E-state index in [1.54, 1.807) is 31.2 Å². The number of carbonyl (C=O) groups excluding carboxylic acids is 3. The molecule has 2 rings (SSSR count). The Balaban J connectivity index is 2.16. The Morgan fingerprint density at radius 1 is 1.21 bits per heavy atom. The number of rotatable bonds is 6. The molecule has 9 nitrogen and oxygen atoms in total. The van der Waals surface area contributed by atoms with E-state index in [1.807, 2.05) is 0 Å². The van der Waals surface area contributed by atoms with Gasteiger partial charge in [-0.05, 0) is 19.1 Å². The number of nitrogens with two attached hydrogens (primary N) is 2. The summed E-state index contributed by atoms with van der Waals surface area (Å²) in [6.07, 6.45) is -0.141. The second kappa shape index (κ2) is 6.90. The van der Waals surface area contributed by atoms with Gasteiger partial charge in [0.2, 0.25) is 17.7 Å². The smallest absolute Gasteiger partial charge is 0.261 e. The average Bonchev–Trinajstić information content (AvgIpc) is 2.51. The minimum absolute atomic E-state index is 0.0403. The van der Waals surface area contributed by atoms with Crippen molar-refractivity contribution in [1.29, 1.82) is 0 Å². The normalized spacial score (nSPS) is 10.8. The summed E-state index contributed by atoms with van der Waals surface area (Å²) in [4.78, 5) is 50.7. The van der Waals surface area contributed by atoms with Crippen molar-refractivity contribution in [2.75, 3.05) is 0 Å². The van der Waals surface area contributed by atoms with Gasteiger partial charge in [-0.3, -0.25) is 23.7 Å². The molecule has 126 valence electrons. The first-order chi connectivity index (χ1) is 11.3. The van der Waals surface area contributed by atoms with Gasteiger partial charge < -0.3 is 16.8 Å². The third-order valence-electron chi connectivity index (χ3n) is 3.49. The highest BCUT2D eigenvalue weighted by Gasteiger charge is 2.23. The first-order valence-corrected chi connectivity index (χ1v) is 7.15. The van der Waals surface area contributed by atoms with Gasteiger partial charge in [0.1, 0.15) is 5.82 Å². The lowest BCUT2D eigenvalue weighted by Crippen LogP contribution is -2.52. The Labute approximate surface area is 136 Å². The van der Waals surface area contributed by atoms with Crippen LogP contribution in [0.2, 0.25) is 0 Å². The molecule has 0 spiro atoms. The van der Waals surface area contributed by atoms with Crippen molar-refractivity contribution in [2.45, 2.75) is 25.9 Å². The highest BCUT2D eigenvalue weighted by molar-refractivity contribution is 6.05. The van der Waals surface area contributed by atoms with Crippen molar-refractivity contribution in [1.82, 2.24) is 14.9 Å². The van der Waals surface area contributed by atoms with E-state index in [1.165, 1.54) is 4.57 Å². The minimum atomic E-state index is -1.58. The van der Waals surface area contributed by atoms with Crippen LogP contribution in [0.25, 0.3) is 10.9 Å². The molecule has 0 aliphatic rings. The molecular weight excluding hydrogens is 314 g/mol. The van der Waals surface area contributed by atoms with Crippen molar-refractivity contribution in [3.8, 4) is 0 Å². The van der Waals surface area contributed by atoms with Crippen molar-refractivity contribution in [3.63, 3.8) is 0 Å². The van der Waals surface area contributed by atoms with Gasteiger partial charge in [0, 0.05) is 13.0 Å². The molecule has 0 fully saturated rings. The fourth-order valence-corrected chi connectivity index (χ4v) is 2.27. The highest BCUT2D eigenvalue weighted by Crippen LogP contribution is 2.07. The summed E-state index contributed by atoms with van der Waals surface area (Å²) in [5.74, 6) is -2.27. The maximum atomic E-state index is 12.4. The quantitative estimate of drug-likeness (QED) is 0.553. The Kier molecular flexibility index (Phi) is 4.93. The van der Waals surface area contributed by atoms with Crippen molar-refractivity contribution in [2.24, 2.45) is 11.5 Å². The highest BCUT2D eigenvalue weighted by atomic mass is 16.2. The first kappa shape index (κ1) is 17.1. The summed E-state index contributed by atoms with van der Waals surface area (Å²) < 4.78 is 1.35. The fourth-order valence-electron chi connectivity index (χ4n) is 2.27. The molecule has 0 bridgehead atoms. The minimum Gasteiger partial charge on any atom is -0.367 e. The summed E-state index contributed by atoms with van der Waals surface area (Å²) in [5, 5.41) is 2.58. The van der Waals surface area contributed by atoms with E-state index >= 15 is 0 Å². The molecule has 1 heterocycles. The topological polar surface area (TPSA) is 150 Å². The molecule has 24 heavy (non-hydrogen) atoms. The van der Waals surface area contributed by atoms with Crippen molar-refractivity contribution in [3.05, 3.63) is 40.4 Å². The predicted molar refractivity (Wildman–Crippen MR) is 85.7 cm³/mol. The lowest BCUT2D eigenvalue weighted by Gasteiger charge is -2.13. The Hall–Kier alpha value is -3.23. The molecule has 0 unspecified atom stereocenters. The van der Waals surface area contributed by atoms with Crippen LogP contribution in [0, 0.1) is 6.92 Å². The zero-order valence-corrected chi connectivity index (χ0v) is 13.0.